The van der Waals surface area contributed by atoms with Crippen LogP contribution in [0.4, 0.5) is 22.0 Å². The SMILES string of the molecule is OC(c1c(F)cc(F)cc1F)c1c(F)ccc(Br)c1F. The van der Waals surface area contributed by atoms with Crippen molar-refractivity contribution in [2.75, 3.05) is 0 Å². The van der Waals surface area contributed by atoms with Gasteiger partial charge >= 0.3 is 0 Å². The normalized spacial score (nSPS) is 12.6. The Morgan fingerprint density at radius 1 is 0.850 bits per heavy atom. The number of aliphatic hydroxyl groups excluding tert-OH is 1. The minimum atomic E-state index is -2.24. The molecule has 0 aliphatic carbocycles. The van der Waals surface area contributed by atoms with Gasteiger partial charge in [0.1, 0.15) is 35.2 Å². The first-order chi connectivity index (χ1) is 9.32. The predicted octanol–water partition coefficient (Wildman–Crippen LogP) is 4.23. The zero-order chi connectivity index (χ0) is 15.0. The molecule has 1 nitrogen and oxygen atoms in total. The Kier molecular flexibility index (Phi) is 4.10. The first kappa shape index (κ1) is 14.9. The number of rotatable bonds is 2. The lowest BCUT2D eigenvalue weighted by molar-refractivity contribution is 0.198. The second kappa shape index (κ2) is 5.49. The molecular formula is C13H6BrF5O. The van der Waals surface area contributed by atoms with E-state index in [1.807, 2.05) is 0 Å². The Bertz CT molecular complexity index is 651. The molecule has 2 aromatic rings. The summed E-state index contributed by atoms with van der Waals surface area (Å²) in [6.45, 7) is 0. The molecular weight excluding hydrogens is 347 g/mol. The summed E-state index contributed by atoms with van der Waals surface area (Å²) >= 11 is 2.77. The van der Waals surface area contributed by atoms with Crippen LogP contribution in [0.15, 0.2) is 28.7 Å². The molecule has 0 saturated heterocycles. The van der Waals surface area contributed by atoms with E-state index in [0.29, 0.717) is 12.1 Å². The van der Waals surface area contributed by atoms with E-state index in [4.69, 9.17) is 0 Å². The van der Waals surface area contributed by atoms with Crippen LogP contribution in [0.3, 0.4) is 0 Å². The maximum absolute atomic E-state index is 13.8. The lowest BCUT2D eigenvalue weighted by atomic mass is 9.99. The second-order valence-corrected chi connectivity index (χ2v) is 4.80. The highest BCUT2D eigenvalue weighted by molar-refractivity contribution is 9.10. The maximum atomic E-state index is 13.8. The largest absolute Gasteiger partial charge is 0.383 e. The van der Waals surface area contributed by atoms with Gasteiger partial charge in [0.2, 0.25) is 0 Å². The molecule has 0 spiro atoms. The molecule has 20 heavy (non-hydrogen) atoms. The van der Waals surface area contributed by atoms with Crippen molar-refractivity contribution >= 4 is 15.9 Å². The fourth-order valence-corrected chi connectivity index (χ4v) is 2.10. The van der Waals surface area contributed by atoms with Crippen molar-refractivity contribution in [1.82, 2.24) is 0 Å². The molecule has 0 fully saturated rings. The third-order valence-corrected chi connectivity index (χ3v) is 3.28. The minimum Gasteiger partial charge on any atom is -0.383 e. The fourth-order valence-electron chi connectivity index (χ4n) is 1.75. The van der Waals surface area contributed by atoms with Crippen LogP contribution < -0.4 is 0 Å². The third-order valence-electron chi connectivity index (χ3n) is 2.67. The standard InChI is InChI=1S/C13H6BrF5O/c14-6-1-2-7(16)11(12(6)19)13(20)10-8(17)3-5(15)4-9(10)18/h1-4,13,20H. The number of halogens is 6. The van der Waals surface area contributed by atoms with Gasteiger partial charge in [-0.2, -0.15) is 0 Å². The van der Waals surface area contributed by atoms with Crippen molar-refractivity contribution in [2.24, 2.45) is 0 Å². The summed E-state index contributed by atoms with van der Waals surface area (Å²) in [7, 11) is 0. The zero-order valence-corrected chi connectivity index (χ0v) is 11.2. The number of benzene rings is 2. The van der Waals surface area contributed by atoms with Crippen LogP contribution in [0.5, 0.6) is 0 Å². The lowest BCUT2D eigenvalue weighted by Crippen LogP contribution is -2.11. The van der Waals surface area contributed by atoms with Gasteiger partial charge in [0.15, 0.2) is 0 Å². The Hall–Kier alpha value is -1.47. The van der Waals surface area contributed by atoms with E-state index in [-0.39, 0.29) is 4.47 Å². The molecule has 0 bridgehead atoms. The van der Waals surface area contributed by atoms with E-state index in [2.05, 4.69) is 15.9 Å². The van der Waals surface area contributed by atoms with Gasteiger partial charge in [0.25, 0.3) is 0 Å². The molecule has 0 aliphatic heterocycles. The highest BCUT2D eigenvalue weighted by Crippen LogP contribution is 2.33. The quantitative estimate of drug-likeness (QED) is 0.633. The molecule has 1 atom stereocenters. The van der Waals surface area contributed by atoms with E-state index < -0.39 is 46.3 Å². The van der Waals surface area contributed by atoms with Gasteiger partial charge in [-0.1, -0.05) is 0 Å². The average molecular weight is 353 g/mol. The molecule has 0 amide bonds. The molecule has 0 heterocycles. The van der Waals surface area contributed by atoms with Crippen LogP contribution >= 0.6 is 15.9 Å². The molecule has 0 aliphatic rings. The van der Waals surface area contributed by atoms with Gasteiger partial charge < -0.3 is 5.11 Å². The first-order valence-corrected chi connectivity index (χ1v) is 6.08. The average Bonchev–Trinajstić information content (AvgIpc) is 2.33. The number of hydrogen-bond donors (Lipinski definition) is 1. The summed E-state index contributed by atoms with van der Waals surface area (Å²) in [5.74, 6) is -6.45. The van der Waals surface area contributed by atoms with Crippen molar-refractivity contribution in [3.05, 3.63) is 69.0 Å². The second-order valence-electron chi connectivity index (χ2n) is 3.94. The highest BCUT2D eigenvalue weighted by atomic mass is 79.9. The maximum Gasteiger partial charge on any atom is 0.146 e. The van der Waals surface area contributed by atoms with Crippen molar-refractivity contribution in [1.29, 1.82) is 0 Å². The smallest absolute Gasteiger partial charge is 0.146 e. The lowest BCUT2D eigenvalue weighted by Gasteiger charge is -2.15. The van der Waals surface area contributed by atoms with E-state index in [1.165, 1.54) is 0 Å². The summed E-state index contributed by atoms with van der Waals surface area (Å²) in [4.78, 5) is 0. The summed E-state index contributed by atoms with van der Waals surface area (Å²) in [5.41, 5.74) is -1.95. The molecule has 1 unspecified atom stereocenters. The van der Waals surface area contributed by atoms with Gasteiger partial charge in [0.05, 0.1) is 15.6 Å². The van der Waals surface area contributed by atoms with E-state index in [1.54, 1.807) is 0 Å². The molecule has 2 rings (SSSR count). The molecule has 106 valence electrons. The van der Waals surface area contributed by atoms with Crippen LogP contribution in [0, 0.1) is 29.1 Å². The van der Waals surface area contributed by atoms with Crippen molar-refractivity contribution in [2.45, 2.75) is 6.10 Å². The van der Waals surface area contributed by atoms with Gasteiger partial charge in [-0.25, -0.2) is 22.0 Å². The Balaban J connectivity index is 2.64. The van der Waals surface area contributed by atoms with E-state index in [0.717, 1.165) is 12.1 Å². The zero-order valence-electron chi connectivity index (χ0n) is 9.60. The summed E-state index contributed by atoms with van der Waals surface area (Å²) < 4.78 is 67.0. The first-order valence-electron chi connectivity index (χ1n) is 5.28. The van der Waals surface area contributed by atoms with Crippen molar-refractivity contribution in [3.8, 4) is 0 Å². The number of aliphatic hydroxyl groups is 1. The van der Waals surface area contributed by atoms with Crippen LogP contribution in [-0.2, 0) is 0 Å². The molecule has 0 saturated carbocycles. The molecule has 0 radical (unpaired) electrons. The molecule has 1 N–H and O–H groups in total. The monoisotopic (exact) mass is 352 g/mol. The molecule has 2 aromatic carbocycles. The Morgan fingerprint density at radius 3 is 1.95 bits per heavy atom. The molecule has 0 aromatic heterocycles. The van der Waals surface area contributed by atoms with Crippen LogP contribution in [0.2, 0.25) is 0 Å². The molecule has 7 heteroatoms. The van der Waals surface area contributed by atoms with Gasteiger partial charge in [0, 0.05) is 12.1 Å². The summed E-state index contributed by atoms with van der Waals surface area (Å²) in [5, 5.41) is 9.83. The van der Waals surface area contributed by atoms with Gasteiger partial charge in [-0.05, 0) is 28.1 Å². The highest BCUT2D eigenvalue weighted by Gasteiger charge is 2.27. The minimum absolute atomic E-state index is 0.184. The van der Waals surface area contributed by atoms with Gasteiger partial charge in [-0.3, -0.25) is 0 Å². The van der Waals surface area contributed by atoms with Crippen LogP contribution in [0.25, 0.3) is 0 Å². The van der Waals surface area contributed by atoms with Gasteiger partial charge in [-0.15, -0.1) is 0 Å². The Labute approximate surface area is 118 Å². The van der Waals surface area contributed by atoms with E-state index >= 15 is 0 Å². The van der Waals surface area contributed by atoms with E-state index in [9.17, 15) is 27.1 Å². The summed E-state index contributed by atoms with van der Waals surface area (Å²) in [6, 6.07) is 2.49. The number of hydrogen-bond acceptors (Lipinski definition) is 1. The van der Waals surface area contributed by atoms with Crippen LogP contribution in [-0.4, -0.2) is 5.11 Å². The van der Waals surface area contributed by atoms with Crippen molar-refractivity contribution < 1.29 is 27.1 Å². The van der Waals surface area contributed by atoms with Crippen molar-refractivity contribution in [3.63, 3.8) is 0 Å². The topological polar surface area (TPSA) is 20.2 Å². The predicted molar refractivity (Wildman–Crippen MR) is 64.4 cm³/mol. The fraction of sp³-hybridized carbons (Fsp3) is 0.0769. The van der Waals surface area contributed by atoms with Crippen LogP contribution in [0.1, 0.15) is 17.2 Å². The Morgan fingerprint density at radius 2 is 1.40 bits per heavy atom. The third kappa shape index (κ3) is 2.55. The summed E-state index contributed by atoms with van der Waals surface area (Å²) in [6.07, 6.45) is -2.24.